The van der Waals surface area contributed by atoms with Gasteiger partial charge in [-0.05, 0) is 40.4 Å². The second kappa shape index (κ2) is 11.2. The Bertz CT molecular complexity index is 528. The van der Waals surface area contributed by atoms with E-state index in [4.69, 9.17) is 14.6 Å². The summed E-state index contributed by atoms with van der Waals surface area (Å²) in [7, 11) is 0. The Morgan fingerprint density at radius 1 is 1.30 bits per heavy atom. The van der Waals surface area contributed by atoms with Crippen molar-refractivity contribution in [3.8, 4) is 0 Å². The second-order valence-corrected chi connectivity index (χ2v) is 7.55. The first-order chi connectivity index (χ1) is 10.6. The number of ether oxygens (including phenoxy) is 1. The van der Waals surface area contributed by atoms with E-state index in [2.05, 4.69) is 21.2 Å². The lowest BCUT2D eigenvalue weighted by Crippen LogP contribution is -2.27. The minimum atomic E-state index is -0.833. The van der Waals surface area contributed by atoms with Gasteiger partial charge in [0.2, 0.25) is 5.91 Å². The second-order valence-electron chi connectivity index (χ2n) is 5.06. The number of aliphatic carboxylic acids is 1. The number of carbonyl (C=O) groups is 3. The van der Waals surface area contributed by atoms with Crippen molar-refractivity contribution in [2.75, 3.05) is 6.61 Å². The van der Waals surface area contributed by atoms with Crippen LogP contribution in [0.25, 0.3) is 0 Å². The Kier molecular flexibility index (Phi) is 10.5. The minimum Gasteiger partial charge on any atom is -0.481 e. The monoisotopic (exact) mass is 407 g/mol. The standard InChI is InChI=1S/C13H18BrNO3S.C2H4O2/c1-8(7-18-10(3)17)6-11(15-9(2)16)12-4-5-13(14)19-12;1-2(3)4/h4-5,8,11H,6-7H2,1-3H3,(H,15,16);1H3,(H,3,4)/t8-,11?;/m1./s1. The van der Waals surface area contributed by atoms with Crippen LogP contribution in [0.3, 0.4) is 0 Å². The summed E-state index contributed by atoms with van der Waals surface area (Å²) in [6.45, 7) is 6.36. The SMILES string of the molecule is CC(=O)NC(C[C@@H](C)COC(C)=O)c1ccc(Br)s1.CC(=O)O. The number of carboxylic acids is 1. The highest BCUT2D eigenvalue weighted by atomic mass is 79.9. The molecule has 2 atom stereocenters. The molecule has 0 aliphatic carbocycles. The van der Waals surface area contributed by atoms with Crippen molar-refractivity contribution >= 4 is 45.1 Å². The zero-order valence-electron chi connectivity index (χ0n) is 13.6. The molecule has 1 amide bonds. The van der Waals surface area contributed by atoms with E-state index in [9.17, 15) is 9.59 Å². The molecular weight excluding hydrogens is 386 g/mol. The van der Waals surface area contributed by atoms with Gasteiger partial charge < -0.3 is 15.2 Å². The maximum atomic E-state index is 11.3. The molecule has 0 saturated heterocycles. The van der Waals surface area contributed by atoms with Crippen LogP contribution in [0.2, 0.25) is 0 Å². The fourth-order valence-corrected chi connectivity index (χ4v) is 3.22. The van der Waals surface area contributed by atoms with Crippen molar-refractivity contribution in [2.45, 2.75) is 40.2 Å². The maximum Gasteiger partial charge on any atom is 0.302 e. The first-order valence-corrected chi connectivity index (χ1v) is 8.58. The van der Waals surface area contributed by atoms with Crippen molar-refractivity contribution in [3.05, 3.63) is 20.8 Å². The zero-order chi connectivity index (χ0) is 18.0. The molecule has 0 aliphatic rings. The van der Waals surface area contributed by atoms with E-state index in [0.717, 1.165) is 22.0 Å². The van der Waals surface area contributed by atoms with Gasteiger partial charge in [-0.15, -0.1) is 11.3 Å². The molecule has 0 aliphatic heterocycles. The Morgan fingerprint density at radius 3 is 2.26 bits per heavy atom. The van der Waals surface area contributed by atoms with Gasteiger partial charge in [-0.25, -0.2) is 0 Å². The summed E-state index contributed by atoms with van der Waals surface area (Å²) in [5.41, 5.74) is 0. The van der Waals surface area contributed by atoms with Gasteiger partial charge in [0.1, 0.15) is 0 Å². The summed E-state index contributed by atoms with van der Waals surface area (Å²) < 4.78 is 6.03. The molecule has 1 rings (SSSR count). The molecule has 2 N–H and O–H groups in total. The molecule has 23 heavy (non-hydrogen) atoms. The molecule has 0 bridgehead atoms. The summed E-state index contributed by atoms with van der Waals surface area (Å²) in [6.07, 6.45) is 0.736. The van der Waals surface area contributed by atoms with Gasteiger partial charge in [0.15, 0.2) is 0 Å². The maximum absolute atomic E-state index is 11.3. The molecule has 1 aromatic heterocycles. The van der Waals surface area contributed by atoms with E-state index in [1.165, 1.54) is 13.8 Å². The number of hydrogen-bond donors (Lipinski definition) is 2. The van der Waals surface area contributed by atoms with E-state index >= 15 is 0 Å². The third-order valence-corrected chi connectivity index (χ3v) is 4.26. The van der Waals surface area contributed by atoms with Crippen LogP contribution in [0.4, 0.5) is 0 Å². The smallest absolute Gasteiger partial charge is 0.302 e. The Labute approximate surface area is 148 Å². The van der Waals surface area contributed by atoms with E-state index in [-0.39, 0.29) is 23.8 Å². The fraction of sp³-hybridized carbons (Fsp3) is 0.533. The Morgan fingerprint density at radius 2 is 1.87 bits per heavy atom. The molecule has 0 aromatic carbocycles. The zero-order valence-corrected chi connectivity index (χ0v) is 16.0. The number of hydrogen-bond acceptors (Lipinski definition) is 5. The molecule has 6 nitrogen and oxygen atoms in total. The number of carboxylic acid groups (broad SMARTS) is 1. The van der Waals surface area contributed by atoms with Crippen LogP contribution >= 0.6 is 27.3 Å². The van der Waals surface area contributed by atoms with Gasteiger partial charge >= 0.3 is 5.97 Å². The van der Waals surface area contributed by atoms with Gasteiger partial charge in [-0.2, -0.15) is 0 Å². The molecule has 1 aromatic rings. The summed E-state index contributed by atoms with van der Waals surface area (Å²) in [6, 6.07) is 3.92. The predicted octanol–water partition coefficient (Wildman–Crippen LogP) is 3.37. The highest BCUT2D eigenvalue weighted by Gasteiger charge is 2.18. The lowest BCUT2D eigenvalue weighted by molar-refractivity contribution is -0.142. The Hall–Kier alpha value is -1.41. The molecule has 0 fully saturated rings. The lowest BCUT2D eigenvalue weighted by Gasteiger charge is -2.20. The van der Waals surface area contributed by atoms with Crippen molar-refractivity contribution in [2.24, 2.45) is 5.92 Å². The van der Waals surface area contributed by atoms with Gasteiger partial charge in [-0.3, -0.25) is 14.4 Å². The molecule has 0 spiro atoms. The summed E-state index contributed by atoms with van der Waals surface area (Å²) in [5.74, 6) is -0.988. The fourth-order valence-electron chi connectivity index (χ4n) is 1.74. The number of rotatable bonds is 6. The van der Waals surface area contributed by atoms with Gasteiger partial charge in [-0.1, -0.05) is 6.92 Å². The van der Waals surface area contributed by atoms with E-state index in [1.807, 2.05) is 19.1 Å². The van der Waals surface area contributed by atoms with Crippen molar-refractivity contribution < 1.29 is 24.2 Å². The molecular formula is C15H22BrNO5S. The highest BCUT2D eigenvalue weighted by molar-refractivity contribution is 9.11. The van der Waals surface area contributed by atoms with Crippen LogP contribution in [-0.2, 0) is 19.1 Å². The third-order valence-electron chi connectivity index (χ3n) is 2.52. The van der Waals surface area contributed by atoms with Crippen molar-refractivity contribution in [1.82, 2.24) is 5.32 Å². The summed E-state index contributed by atoms with van der Waals surface area (Å²) in [5, 5.41) is 10.4. The minimum absolute atomic E-state index is 0.0423. The Balaban J connectivity index is 0.00000108. The van der Waals surface area contributed by atoms with Crippen molar-refractivity contribution in [1.29, 1.82) is 0 Å². The highest BCUT2D eigenvalue weighted by Crippen LogP contribution is 2.30. The number of nitrogens with one attached hydrogen (secondary N) is 1. The van der Waals surface area contributed by atoms with Crippen LogP contribution in [0.1, 0.15) is 45.0 Å². The van der Waals surface area contributed by atoms with E-state index < -0.39 is 5.97 Å². The normalized spacial score (nSPS) is 12.4. The van der Waals surface area contributed by atoms with Gasteiger partial charge in [0.25, 0.3) is 5.97 Å². The quantitative estimate of drug-likeness (QED) is 0.705. The van der Waals surface area contributed by atoms with Gasteiger partial charge in [0.05, 0.1) is 16.4 Å². The van der Waals surface area contributed by atoms with Crippen molar-refractivity contribution in [3.63, 3.8) is 0 Å². The molecule has 0 saturated carbocycles. The number of thiophene rings is 1. The summed E-state index contributed by atoms with van der Waals surface area (Å²) >= 11 is 5.02. The average molecular weight is 408 g/mol. The van der Waals surface area contributed by atoms with Crippen LogP contribution < -0.4 is 5.32 Å². The van der Waals surface area contributed by atoms with E-state index in [0.29, 0.717) is 6.61 Å². The molecule has 130 valence electrons. The number of carbonyl (C=O) groups excluding carboxylic acids is 2. The van der Waals surface area contributed by atoms with E-state index in [1.54, 1.807) is 11.3 Å². The molecule has 1 unspecified atom stereocenters. The first kappa shape index (κ1) is 21.6. The summed E-state index contributed by atoms with van der Waals surface area (Å²) in [4.78, 5) is 32.2. The molecule has 0 radical (unpaired) electrons. The lowest BCUT2D eigenvalue weighted by atomic mass is 10.0. The number of esters is 1. The largest absolute Gasteiger partial charge is 0.481 e. The van der Waals surface area contributed by atoms with Crippen LogP contribution in [0, 0.1) is 5.92 Å². The van der Waals surface area contributed by atoms with Crippen LogP contribution in [0.15, 0.2) is 15.9 Å². The van der Waals surface area contributed by atoms with Crippen LogP contribution in [0.5, 0.6) is 0 Å². The predicted molar refractivity (Wildman–Crippen MR) is 92.3 cm³/mol. The van der Waals surface area contributed by atoms with Crippen LogP contribution in [-0.4, -0.2) is 29.6 Å². The molecule has 8 heteroatoms. The number of halogens is 1. The topological polar surface area (TPSA) is 92.7 Å². The third kappa shape index (κ3) is 11.8. The first-order valence-electron chi connectivity index (χ1n) is 6.97. The molecule has 1 heterocycles. The average Bonchev–Trinajstić information content (AvgIpc) is 2.81. The van der Waals surface area contributed by atoms with Gasteiger partial charge in [0, 0.05) is 25.6 Å². The number of amides is 1.